The van der Waals surface area contributed by atoms with E-state index >= 15 is 0 Å². The number of urea groups is 1. The van der Waals surface area contributed by atoms with Crippen molar-refractivity contribution in [2.45, 2.75) is 25.0 Å². The Morgan fingerprint density at radius 1 is 1.06 bits per heavy atom. The van der Waals surface area contributed by atoms with Crippen molar-refractivity contribution in [3.8, 4) is 5.75 Å². The van der Waals surface area contributed by atoms with Crippen LogP contribution in [0.1, 0.15) is 29.8 Å². The maximum Gasteiger partial charge on any atom is 0.344 e. The highest BCUT2D eigenvalue weighted by Gasteiger charge is 2.50. The zero-order valence-electron chi connectivity index (χ0n) is 19.6. The van der Waals surface area contributed by atoms with Crippen LogP contribution in [0.3, 0.4) is 0 Å². The first-order valence-electron chi connectivity index (χ1n) is 11.5. The van der Waals surface area contributed by atoms with Crippen molar-refractivity contribution in [2.75, 3.05) is 20.2 Å². The zero-order valence-corrected chi connectivity index (χ0v) is 19.6. The summed E-state index contributed by atoms with van der Waals surface area (Å²) in [5.41, 5.74) is 3.98. The molecule has 180 valence electrons. The van der Waals surface area contributed by atoms with E-state index in [9.17, 15) is 14.4 Å². The summed E-state index contributed by atoms with van der Waals surface area (Å²) in [5, 5.41) is 3.48. The molecule has 2 aromatic carbocycles. The molecule has 9 nitrogen and oxygen atoms in total. The Balaban J connectivity index is 1.32. The quantitative estimate of drug-likeness (QED) is 0.536. The van der Waals surface area contributed by atoms with Crippen LogP contribution in [0.5, 0.6) is 5.75 Å². The molecule has 2 atom stereocenters. The van der Waals surface area contributed by atoms with Gasteiger partial charge in [-0.25, -0.2) is 4.79 Å². The van der Waals surface area contributed by atoms with Gasteiger partial charge in [0.05, 0.1) is 19.7 Å². The van der Waals surface area contributed by atoms with Crippen molar-refractivity contribution in [1.29, 1.82) is 0 Å². The minimum absolute atomic E-state index is 0.0288. The van der Waals surface area contributed by atoms with E-state index in [0.717, 1.165) is 22.8 Å². The first-order chi connectivity index (χ1) is 16.9. The number of aromatic nitrogens is 1. The monoisotopic (exact) mass is 473 g/mol. The molecule has 4 amide bonds. The predicted molar refractivity (Wildman–Crippen MR) is 128 cm³/mol. The average molecular weight is 474 g/mol. The van der Waals surface area contributed by atoms with Gasteiger partial charge in [0.25, 0.3) is 11.8 Å². The van der Waals surface area contributed by atoms with Gasteiger partial charge >= 0.3 is 6.03 Å². The third kappa shape index (κ3) is 4.04. The molecule has 9 heteroatoms. The fourth-order valence-electron chi connectivity index (χ4n) is 4.82. The van der Waals surface area contributed by atoms with E-state index in [1.165, 1.54) is 0 Å². The van der Waals surface area contributed by atoms with E-state index in [-0.39, 0.29) is 12.6 Å². The van der Waals surface area contributed by atoms with E-state index < -0.39 is 23.4 Å². The number of methoxy groups -OCH3 is 1. The Labute approximate surface area is 203 Å². The maximum atomic E-state index is 13.2. The number of fused-ring (bicyclic) bond motifs is 1. The number of nitrogens with zero attached hydrogens (tertiary/aromatic N) is 3. The summed E-state index contributed by atoms with van der Waals surface area (Å²) in [6.07, 6.45) is 2.04. The molecule has 0 aliphatic carbocycles. The van der Waals surface area contributed by atoms with E-state index in [1.54, 1.807) is 38.3 Å². The second kappa shape index (κ2) is 8.92. The van der Waals surface area contributed by atoms with Gasteiger partial charge in [-0.2, -0.15) is 5.01 Å². The number of imide groups is 1. The molecule has 2 N–H and O–H groups in total. The second-order valence-corrected chi connectivity index (χ2v) is 8.87. The number of carbonyl (C=O) groups excluding carboxylic acids is 3. The molecule has 2 aliphatic heterocycles. The van der Waals surface area contributed by atoms with Crippen LogP contribution < -0.4 is 15.5 Å². The summed E-state index contributed by atoms with van der Waals surface area (Å²) in [7, 11) is 1.55. The Morgan fingerprint density at radius 3 is 2.51 bits per heavy atom. The van der Waals surface area contributed by atoms with Crippen LogP contribution in [0.25, 0.3) is 0 Å². The molecule has 1 fully saturated rings. The van der Waals surface area contributed by atoms with Crippen LogP contribution in [0.2, 0.25) is 0 Å². The number of nitrogens with one attached hydrogen (secondary N) is 2. The summed E-state index contributed by atoms with van der Waals surface area (Å²) < 4.78 is 7.35. The molecule has 2 aliphatic rings. The highest BCUT2D eigenvalue weighted by atomic mass is 16.5. The minimum Gasteiger partial charge on any atom is -0.497 e. The number of hydrogen-bond donors (Lipinski definition) is 2. The third-order valence-corrected chi connectivity index (χ3v) is 6.69. The van der Waals surface area contributed by atoms with Gasteiger partial charge in [0.1, 0.15) is 11.3 Å². The van der Waals surface area contributed by atoms with Gasteiger partial charge in [-0.15, -0.1) is 0 Å². The van der Waals surface area contributed by atoms with Gasteiger partial charge < -0.3 is 14.6 Å². The highest BCUT2D eigenvalue weighted by Crippen LogP contribution is 2.32. The molecule has 5 rings (SSSR count). The van der Waals surface area contributed by atoms with E-state index in [0.29, 0.717) is 17.9 Å². The van der Waals surface area contributed by atoms with Gasteiger partial charge in [-0.05, 0) is 42.3 Å². The van der Waals surface area contributed by atoms with Crippen molar-refractivity contribution >= 4 is 17.8 Å². The van der Waals surface area contributed by atoms with Crippen LogP contribution in [0.4, 0.5) is 4.79 Å². The first-order valence-corrected chi connectivity index (χ1v) is 11.5. The number of amides is 4. The third-order valence-electron chi connectivity index (χ3n) is 6.69. The number of carbonyl (C=O) groups is 3. The standard InChI is InChI=1S/C26H27N5O4/c1-26(19-10-12-20(35-2)13-11-19)24(33)31(25(34)27-26)28-22(32)17-30-16-15-29-14-6-9-21(29)23(30)18-7-4-3-5-8-18/h3-14,23H,15-17H2,1-2H3,(H,27,34)(H,28,32). The summed E-state index contributed by atoms with van der Waals surface area (Å²) in [5.74, 6) is -0.346. The lowest BCUT2D eigenvalue weighted by Gasteiger charge is -2.37. The number of hydrazine groups is 1. The number of hydrogen-bond acceptors (Lipinski definition) is 5. The lowest BCUT2D eigenvalue weighted by molar-refractivity contribution is -0.139. The highest BCUT2D eigenvalue weighted by molar-refractivity contribution is 6.08. The Kier molecular flexibility index (Phi) is 5.78. The largest absolute Gasteiger partial charge is 0.497 e. The second-order valence-electron chi connectivity index (χ2n) is 8.87. The van der Waals surface area contributed by atoms with Gasteiger partial charge in [0.2, 0.25) is 0 Å². The maximum absolute atomic E-state index is 13.2. The van der Waals surface area contributed by atoms with Crippen LogP contribution in [0, 0.1) is 0 Å². The molecular weight excluding hydrogens is 446 g/mol. The van der Waals surface area contributed by atoms with E-state index in [2.05, 4.69) is 26.3 Å². The van der Waals surface area contributed by atoms with Crippen LogP contribution in [0.15, 0.2) is 72.9 Å². The van der Waals surface area contributed by atoms with Crippen molar-refractivity contribution in [3.05, 3.63) is 89.7 Å². The summed E-state index contributed by atoms with van der Waals surface area (Å²) >= 11 is 0. The molecule has 35 heavy (non-hydrogen) atoms. The van der Waals surface area contributed by atoms with Crippen LogP contribution in [-0.2, 0) is 21.7 Å². The van der Waals surface area contributed by atoms with E-state index in [1.807, 2.05) is 42.6 Å². The Hall–Kier alpha value is -4.11. The summed E-state index contributed by atoms with van der Waals surface area (Å²) in [6, 6.07) is 20.1. The van der Waals surface area contributed by atoms with Gasteiger partial charge in [0.15, 0.2) is 0 Å². The molecule has 2 unspecified atom stereocenters. The number of benzene rings is 2. The minimum atomic E-state index is -1.30. The fourth-order valence-corrected chi connectivity index (χ4v) is 4.82. The van der Waals surface area contributed by atoms with E-state index in [4.69, 9.17) is 4.74 Å². The molecule has 1 saturated heterocycles. The van der Waals surface area contributed by atoms with Gasteiger partial charge in [-0.1, -0.05) is 42.5 Å². The normalized spacial score (nSPS) is 22.0. The molecule has 3 aromatic rings. The fraction of sp³-hybridized carbons (Fsp3) is 0.269. The molecule has 0 spiro atoms. The molecule has 3 heterocycles. The smallest absolute Gasteiger partial charge is 0.344 e. The molecule has 1 aromatic heterocycles. The van der Waals surface area contributed by atoms with Crippen LogP contribution in [-0.4, -0.2) is 52.5 Å². The molecular formula is C26H27N5O4. The van der Waals surface area contributed by atoms with Crippen molar-refractivity contribution < 1.29 is 19.1 Å². The number of rotatable bonds is 6. The Morgan fingerprint density at radius 2 is 1.80 bits per heavy atom. The number of ether oxygens (including phenoxy) is 1. The predicted octanol–water partition coefficient (Wildman–Crippen LogP) is 2.40. The summed E-state index contributed by atoms with van der Waals surface area (Å²) in [4.78, 5) is 41.0. The lowest BCUT2D eigenvalue weighted by atomic mass is 9.92. The molecule has 0 saturated carbocycles. The van der Waals surface area contributed by atoms with Crippen molar-refractivity contribution in [1.82, 2.24) is 25.2 Å². The first kappa shape index (κ1) is 22.7. The van der Waals surface area contributed by atoms with Gasteiger partial charge in [0, 0.05) is 25.0 Å². The van der Waals surface area contributed by atoms with Crippen molar-refractivity contribution in [3.63, 3.8) is 0 Å². The van der Waals surface area contributed by atoms with Gasteiger partial charge in [-0.3, -0.25) is 19.9 Å². The lowest BCUT2D eigenvalue weighted by Crippen LogP contribution is -2.52. The van der Waals surface area contributed by atoms with Crippen molar-refractivity contribution in [2.24, 2.45) is 0 Å². The zero-order chi connectivity index (χ0) is 24.6. The SMILES string of the molecule is COc1ccc(C2(C)NC(=O)N(NC(=O)CN3CCn4cccc4C3c3ccccc3)C2=O)cc1. The Bertz CT molecular complexity index is 1260. The average Bonchev–Trinajstić information content (AvgIpc) is 3.43. The topological polar surface area (TPSA) is 95.9 Å². The summed E-state index contributed by atoms with van der Waals surface area (Å²) in [6.45, 7) is 3.04. The molecule has 0 radical (unpaired) electrons. The molecule has 0 bridgehead atoms. The van der Waals surface area contributed by atoms with Crippen LogP contribution >= 0.6 is 0 Å².